The van der Waals surface area contributed by atoms with E-state index in [-0.39, 0.29) is 11.8 Å². The Bertz CT molecular complexity index is 1120. The molecular formula is C25H29BrN4O3. The fourth-order valence-corrected chi connectivity index (χ4v) is 5.34. The van der Waals surface area contributed by atoms with Gasteiger partial charge in [-0.1, -0.05) is 15.9 Å². The van der Waals surface area contributed by atoms with Crippen LogP contribution in [0.5, 0.6) is 0 Å². The summed E-state index contributed by atoms with van der Waals surface area (Å²) in [7, 11) is 0. The summed E-state index contributed by atoms with van der Waals surface area (Å²) in [5.41, 5.74) is 5.80. The zero-order chi connectivity index (χ0) is 22.9. The standard InChI is InChI=1S/C25H29BrN4O3/c1-16-22(15-19-18-14-17(26)5-6-20(18)28-24(19)31)27-21-4-2-8-30(25(32)23(16)21)9-3-7-29-10-12-33-13-11-29/h5-6,14-15,27H,2-4,7-13H2,1H3,(H,28,31)/b19-15-. The van der Waals surface area contributed by atoms with Crippen molar-refractivity contribution < 1.29 is 14.3 Å². The van der Waals surface area contributed by atoms with Gasteiger partial charge >= 0.3 is 0 Å². The highest BCUT2D eigenvalue weighted by Gasteiger charge is 2.29. The quantitative estimate of drug-likeness (QED) is 0.598. The van der Waals surface area contributed by atoms with E-state index in [1.807, 2.05) is 36.1 Å². The molecule has 0 bridgehead atoms. The van der Waals surface area contributed by atoms with E-state index >= 15 is 0 Å². The van der Waals surface area contributed by atoms with Crippen molar-refractivity contribution in [3.63, 3.8) is 0 Å². The molecule has 4 heterocycles. The number of carbonyl (C=O) groups excluding carboxylic acids is 2. The summed E-state index contributed by atoms with van der Waals surface area (Å²) in [5, 5.41) is 2.92. The Balaban J connectivity index is 1.36. The molecule has 0 aliphatic carbocycles. The second-order valence-electron chi connectivity index (χ2n) is 8.92. The number of H-pyrrole nitrogens is 1. The van der Waals surface area contributed by atoms with E-state index in [0.29, 0.717) is 5.57 Å². The molecule has 33 heavy (non-hydrogen) atoms. The van der Waals surface area contributed by atoms with Crippen LogP contribution in [0, 0.1) is 6.92 Å². The summed E-state index contributed by atoms with van der Waals surface area (Å²) >= 11 is 3.49. The van der Waals surface area contributed by atoms with E-state index in [9.17, 15) is 9.59 Å². The second kappa shape index (κ2) is 9.44. The van der Waals surface area contributed by atoms with Gasteiger partial charge in [0.15, 0.2) is 0 Å². The lowest BCUT2D eigenvalue weighted by Crippen LogP contribution is -2.39. The van der Waals surface area contributed by atoms with Crippen LogP contribution in [0.15, 0.2) is 22.7 Å². The van der Waals surface area contributed by atoms with Gasteiger partial charge in [0.25, 0.3) is 11.8 Å². The largest absolute Gasteiger partial charge is 0.379 e. The Hall–Kier alpha value is -2.42. The van der Waals surface area contributed by atoms with E-state index < -0.39 is 0 Å². The van der Waals surface area contributed by atoms with Gasteiger partial charge in [0.05, 0.1) is 24.4 Å². The summed E-state index contributed by atoms with van der Waals surface area (Å²) in [4.78, 5) is 34.0. The van der Waals surface area contributed by atoms with E-state index in [4.69, 9.17) is 4.74 Å². The number of hydrogen-bond donors (Lipinski definition) is 2. The first kappa shape index (κ1) is 22.4. The van der Waals surface area contributed by atoms with Crippen molar-refractivity contribution in [1.29, 1.82) is 0 Å². The number of nitrogens with zero attached hydrogens (tertiary/aromatic N) is 2. The highest BCUT2D eigenvalue weighted by Crippen LogP contribution is 2.36. The fourth-order valence-electron chi connectivity index (χ4n) is 4.98. The zero-order valence-electron chi connectivity index (χ0n) is 18.9. The van der Waals surface area contributed by atoms with Crippen molar-refractivity contribution in [3.8, 4) is 0 Å². The van der Waals surface area contributed by atoms with Crippen LogP contribution in [0.1, 0.15) is 45.7 Å². The van der Waals surface area contributed by atoms with Gasteiger partial charge in [-0.2, -0.15) is 0 Å². The summed E-state index contributed by atoms with van der Waals surface area (Å²) in [6.45, 7) is 8.06. The number of carbonyl (C=O) groups is 2. The maximum atomic E-state index is 13.5. The highest BCUT2D eigenvalue weighted by molar-refractivity contribution is 9.10. The number of morpholine rings is 1. The number of hydrogen-bond acceptors (Lipinski definition) is 4. The molecule has 3 aliphatic heterocycles. The fraction of sp³-hybridized carbons (Fsp3) is 0.440. The number of halogens is 1. The number of rotatable bonds is 5. The number of amides is 2. The third-order valence-corrected chi connectivity index (χ3v) is 7.27. The van der Waals surface area contributed by atoms with Gasteiger partial charge < -0.3 is 19.9 Å². The molecule has 0 spiro atoms. The number of aromatic nitrogens is 1. The molecule has 7 nitrogen and oxygen atoms in total. The summed E-state index contributed by atoms with van der Waals surface area (Å²) < 4.78 is 6.34. The van der Waals surface area contributed by atoms with Gasteiger partial charge in [-0.25, -0.2) is 0 Å². The number of nitrogens with one attached hydrogen (secondary N) is 2. The minimum absolute atomic E-state index is 0.0990. The predicted molar refractivity (Wildman–Crippen MR) is 132 cm³/mol. The normalized spacial score (nSPS) is 20.1. The average Bonchev–Trinajstić information content (AvgIpc) is 3.22. The zero-order valence-corrected chi connectivity index (χ0v) is 20.5. The molecule has 0 unspecified atom stereocenters. The number of ether oxygens (including phenoxy) is 1. The molecule has 3 aliphatic rings. The monoisotopic (exact) mass is 512 g/mol. The number of fused-ring (bicyclic) bond motifs is 2. The maximum Gasteiger partial charge on any atom is 0.256 e. The van der Waals surface area contributed by atoms with Crippen molar-refractivity contribution in [3.05, 3.63) is 50.8 Å². The maximum absolute atomic E-state index is 13.5. The number of aromatic amines is 1. The molecule has 2 amide bonds. The van der Waals surface area contributed by atoms with E-state index in [1.54, 1.807) is 0 Å². The van der Waals surface area contributed by atoms with Crippen LogP contribution in [-0.2, 0) is 16.0 Å². The lowest BCUT2D eigenvalue weighted by molar-refractivity contribution is -0.110. The van der Waals surface area contributed by atoms with Gasteiger partial charge in [-0.15, -0.1) is 0 Å². The van der Waals surface area contributed by atoms with Crippen molar-refractivity contribution >= 4 is 45.1 Å². The highest BCUT2D eigenvalue weighted by atomic mass is 79.9. The topological polar surface area (TPSA) is 77.7 Å². The van der Waals surface area contributed by atoms with Crippen molar-refractivity contribution in [2.75, 3.05) is 51.3 Å². The molecule has 0 saturated carbocycles. The number of benzene rings is 1. The summed E-state index contributed by atoms with van der Waals surface area (Å²) in [5.74, 6) is -0.0229. The third kappa shape index (κ3) is 4.52. The Kier molecular flexibility index (Phi) is 6.40. The lowest BCUT2D eigenvalue weighted by atomic mass is 10.0. The Morgan fingerprint density at radius 2 is 1.97 bits per heavy atom. The van der Waals surface area contributed by atoms with Crippen LogP contribution >= 0.6 is 15.9 Å². The van der Waals surface area contributed by atoms with Crippen LogP contribution in [0.3, 0.4) is 0 Å². The predicted octanol–water partition coefficient (Wildman–Crippen LogP) is 3.69. The van der Waals surface area contributed by atoms with Crippen LogP contribution < -0.4 is 5.32 Å². The molecule has 5 rings (SSSR count). The van der Waals surface area contributed by atoms with Crippen LogP contribution in [0.25, 0.3) is 11.6 Å². The summed E-state index contributed by atoms with van der Waals surface area (Å²) in [6.07, 6.45) is 4.61. The molecular weight excluding hydrogens is 484 g/mol. The van der Waals surface area contributed by atoms with Gasteiger partial charge in [0.1, 0.15) is 0 Å². The molecule has 1 aromatic carbocycles. The molecule has 0 atom stereocenters. The van der Waals surface area contributed by atoms with Crippen molar-refractivity contribution in [2.45, 2.75) is 26.2 Å². The number of anilines is 1. The smallest absolute Gasteiger partial charge is 0.256 e. The van der Waals surface area contributed by atoms with E-state index in [2.05, 4.69) is 31.1 Å². The summed E-state index contributed by atoms with van der Waals surface area (Å²) in [6, 6.07) is 5.76. The van der Waals surface area contributed by atoms with Gasteiger partial charge in [-0.3, -0.25) is 14.5 Å². The Morgan fingerprint density at radius 1 is 1.15 bits per heavy atom. The SMILES string of the molecule is Cc1c(/C=C2\C(=O)Nc3ccc(Br)cc32)[nH]c2c1C(=O)N(CCCN1CCOCC1)CCC2. The molecule has 1 saturated heterocycles. The first-order valence-electron chi connectivity index (χ1n) is 11.6. The van der Waals surface area contributed by atoms with Crippen LogP contribution in [0.2, 0.25) is 0 Å². The van der Waals surface area contributed by atoms with E-state index in [0.717, 1.165) is 103 Å². The minimum Gasteiger partial charge on any atom is -0.379 e. The number of aryl methyl sites for hydroxylation is 1. The Labute approximate surface area is 202 Å². The van der Waals surface area contributed by atoms with Crippen LogP contribution in [0.4, 0.5) is 5.69 Å². The first-order valence-corrected chi connectivity index (χ1v) is 12.4. The molecule has 174 valence electrons. The third-order valence-electron chi connectivity index (χ3n) is 6.78. The van der Waals surface area contributed by atoms with Gasteiger partial charge in [0, 0.05) is 59.8 Å². The lowest BCUT2D eigenvalue weighted by Gasteiger charge is -2.28. The van der Waals surface area contributed by atoms with Crippen LogP contribution in [-0.4, -0.2) is 72.5 Å². The molecule has 1 fully saturated rings. The molecule has 2 N–H and O–H groups in total. The molecule has 1 aromatic heterocycles. The van der Waals surface area contributed by atoms with Gasteiger partial charge in [-0.05, 0) is 56.0 Å². The van der Waals surface area contributed by atoms with Crippen molar-refractivity contribution in [1.82, 2.24) is 14.8 Å². The molecule has 2 aromatic rings. The average molecular weight is 513 g/mol. The Morgan fingerprint density at radius 3 is 2.79 bits per heavy atom. The molecule has 0 radical (unpaired) electrons. The van der Waals surface area contributed by atoms with Crippen molar-refractivity contribution in [2.24, 2.45) is 0 Å². The second-order valence-corrected chi connectivity index (χ2v) is 9.84. The van der Waals surface area contributed by atoms with Gasteiger partial charge in [0.2, 0.25) is 0 Å². The molecule has 8 heteroatoms. The first-order chi connectivity index (χ1) is 16.0. The van der Waals surface area contributed by atoms with E-state index in [1.165, 1.54) is 0 Å². The minimum atomic E-state index is -0.122.